The third-order valence-electron chi connectivity index (χ3n) is 3.98. The zero-order chi connectivity index (χ0) is 19.7. The summed E-state index contributed by atoms with van der Waals surface area (Å²) in [6.45, 7) is 1.69. The molecule has 0 aromatic heterocycles. The molecule has 0 fully saturated rings. The first-order valence-electron chi connectivity index (χ1n) is 7.80. The molecular weight excluding hydrogens is 391 g/mol. The maximum absolute atomic E-state index is 12.9. The van der Waals surface area contributed by atoms with Gasteiger partial charge < -0.3 is 9.84 Å². The summed E-state index contributed by atoms with van der Waals surface area (Å²) in [7, 11) is 1.52. The van der Waals surface area contributed by atoms with E-state index in [-0.39, 0.29) is 10.6 Å². The van der Waals surface area contributed by atoms with Crippen molar-refractivity contribution in [1.82, 2.24) is 0 Å². The summed E-state index contributed by atoms with van der Waals surface area (Å²) in [6.07, 6.45) is 1.64. The minimum absolute atomic E-state index is 0.0815. The summed E-state index contributed by atoms with van der Waals surface area (Å²) in [5.74, 6) is -1.02. The van der Waals surface area contributed by atoms with E-state index >= 15 is 0 Å². The molecule has 0 saturated heterocycles. The Kier molecular flexibility index (Phi) is 5.21. The molecule has 2 aromatic carbocycles. The van der Waals surface area contributed by atoms with E-state index < -0.39 is 11.9 Å². The highest BCUT2D eigenvalue weighted by Gasteiger charge is 2.29. The van der Waals surface area contributed by atoms with Gasteiger partial charge in [-0.15, -0.1) is 0 Å². The van der Waals surface area contributed by atoms with Crippen LogP contribution in [0.3, 0.4) is 0 Å². The van der Waals surface area contributed by atoms with E-state index in [1.807, 2.05) is 0 Å². The molecule has 2 aromatic rings. The largest absolute Gasteiger partial charge is 0.496 e. The van der Waals surface area contributed by atoms with Crippen molar-refractivity contribution in [2.24, 2.45) is 5.10 Å². The number of hydrogen-bond donors (Lipinski definition) is 1. The number of carbonyl (C=O) groups is 2. The van der Waals surface area contributed by atoms with Crippen molar-refractivity contribution in [1.29, 1.82) is 0 Å². The molecular formula is C19H14Cl2N2O4. The second-order valence-electron chi connectivity index (χ2n) is 5.72. The molecule has 0 spiro atoms. The lowest BCUT2D eigenvalue weighted by atomic mass is 10.1. The van der Waals surface area contributed by atoms with E-state index in [1.165, 1.54) is 25.3 Å². The van der Waals surface area contributed by atoms with Crippen molar-refractivity contribution >= 4 is 52.6 Å². The van der Waals surface area contributed by atoms with Gasteiger partial charge in [-0.05, 0) is 49.4 Å². The summed E-state index contributed by atoms with van der Waals surface area (Å²) >= 11 is 11.9. The first-order valence-corrected chi connectivity index (χ1v) is 8.55. The lowest BCUT2D eigenvalue weighted by Crippen LogP contribution is -2.21. The van der Waals surface area contributed by atoms with Gasteiger partial charge >= 0.3 is 5.97 Å². The van der Waals surface area contributed by atoms with E-state index in [4.69, 9.17) is 27.9 Å². The molecule has 0 radical (unpaired) electrons. The number of nitrogens with zero attached hydrogens (tertiary/aromatic N) is 2. The number of carboxylic acid groups (broad SMARTS) is 1. The van der Waals surface area contributed by atoms with Crippen molar-refractivity contribution in [2.45, 2.75) is 6.92 Å². The van der Waals surface area contributed by atoms with Gasteiger partial charge in [-0.1, -0.05) is 23.2 Å². The van der Waals surface area contributed by atoms with E-state index in [1.54, 1.807) is 31.2 Å². The van der Waals surface area contributed by atoms with Crippen LogP contribution in [0, 0.1) is 0 Å². The zero-order valence-electron chi connectivity index (χ0n) is 14.4. The maximum Gasteiger partial charge on any atom is 0.337 e. The van der Waals surface area contributed by atoms with Gasteiger partial charge in [0.25, 0.3) is 5.91 Å². The van der Waals surface area contributed by atoms with E-state index in [9.17, 15) is 14.7 Å². The Balaban J connectivity index is 2.02. The molecule has 0 bridgehead atoms. The monoisotopic (exact) mass is 404 g/mol. The molecule has 1 aliphatic rings. The average molecular weight is 405 g/mol. The number of hydrogen-bond acceptors (Lipinski definition) is 4. The fraction of sp³-hybridized carbons (Fsp3) is 0.105. The van der Waals surface area contributed by atoms with Gasteiger partial charge in [-0.3, -0.25) is 4.79 Å². The van der Waals surface area contributed by atoms with Crippen LogP contribution in [0.25, 0.3) is 6.08 Å². The number of methoxy groups -OCH3 is 1. The summed E-state index contributed by atoms with van der Waals surface area (Å²) < 4.78 is 5.30. The number of anilines is 1. The number of carboxylic acids is 1. The number of aromatic carboxylic acids is 1. The van der Waals surface area contributed by atoms with E-state index in [0.29, 0.717) is 33.3 Å². The Bertz CT molecular complexity index is 1010. The van der Waals surface area contributed by atoms with Crippen molar-refractivity contribution < 1.29 is 19.4 Å². The van der Waals surface area contributed by atoms with Crippen LogP contribution in [0.15, 0.2) is 47.1 Å². The summed E-state index contributed by atoms with van der Waals surface area (Å²) in [6, 6.07) is 9.33. The topological polar surface area (TPSA) is 79.2 Å². The molecule has 0 saturated carbocycles. The molecule has 0 aliphatic carbocycles. The van der Waals surface area contributed by atoms with Crippen LogP contribution in [0.1, 0.15) is 22.8 Å². The Labute approximate surface area is 165 Å². The quantitative estimate of drug-likeness (QED) is 0.760. The summed E-state index contributed by atoms with van der Waals surface area (Å²) in [4.78, 5) is 24.1. The summed E-state index contributed by atoms with van der Waals surface area (Å²) in [5, 5.41) is 15.2. The number of halogens is 2. The highest BCUT2D eigenvalue weighted by Crippen LogP contribution is 2.31. The minimum atomic E-state index is -1.19. The molecule has 27 heavy (non-hydrogen) atoms. The second-order valence-corrected chi connectivity index (χ2v) is 6.56. The normalized spacial score (nSPS) is 15.3. The van der Waals surface area contributed by atoms with Crippen LogP contribution in [-0.4, -0.2) is 29.8 Å². The third-order valence-corrected chi connectivity index (χ3v) is 4.54. The first-order chi connectivity index (χ1) is 12.8. The smallest absolute Gasteiger partial charge is 0.337 e. The van der Waals surface area contributed by atoms with Crippen LogP contribution in [0.4, 0.5) is 5.69 Å². The molecule has 0 unspecified atom stereocenters. The summed E-state index contributed by atoms with van der Waals surface area (Å²) in [5.41, 5.74) is 1.66. The third kappa shape index (κ3) is 3.67. The molecule has 138 valence electrons. The van der Waals surface area contributed by atoms with E-state index in [2.05, 4.69) is 5.10 Å². The van der Waals surface area contributed by atoms with E-state index in [0.717, 1.165) is 5.01 Å². The first kappa shape index (κ1) is 18.9. The minimum Gasteiger partial charge on any atom is -0.496 e. The number of hydrazone groups is 1. The van der Waals surface area contributed by atoms with Crippen LogP contribution in [0.2, 0.25) is 10.0 Å². The van der Waals surface area contributed by atoms with Crippen molar-refractivity contribution in [3.8, 4) is 5.75 Å². The Morgan fingerprint density at radius 1 is 1.22 bits per heavy atom. The van der Waals surface area contributed by atoms with Gasteiger partial charge in [-0.25, -0.2) is 4.79 Å². The van der Waals surface area contributed by atoms with Gasteiger partial charge in [0, 0.05) is 10.6 Å². The highest BCUT2D eigenvalue weighted by atomic mass is 35.5. The number of rotatable bonds is 4. The molecule has 1 heterocycles. The Morgan fingerprint density at radius 3 is 2.63 bits per heavy atom. The van der Waals surface area contributed by atoms with Gasteiger partial charge in [0.15, 0.2) is 0 Å². The van der Waals surface area contributed by atoms with Crippen molar-refractivity contribution in [3.05, 3.63) is 63.1 Å². The highest BCUT2D eigenvalue weighted by molar-refractivity contribution is 6.34. The molecule has 1 amide bonds. The number of ether oxygens (including phenoxy) is 1. The lowest BCUT2D eigenvalue weighted by Gasteiger charge is -2.13. The number of amides is 1. The van der Waals surface area contributed by atoms with Gasteiger partial charge in [0.2, 0.25) is 0 Å². The molecule has 1 N–H and O–H groups in total. The zero-order valence-corrected chi connectivity index (χ0v) is 15.9. The second kappa shape index (κ2) is 7.42. The van der Waals surface area contributed by atoms with Crippen molar-refractivity contribution in [2.75, 3.05) is 12.1 Å². The SMILES string of the molecule is COc1ccc(Cl)cc1/C=C1\C(=O)N(c2ccc(Cl)c(C(=O)O)c2)N=C1C. The molecule has 6 nitrogen and oxygen atoms in total. The number of benzene rings is 2. The van der Waals surface area contributed by atoms with Crippen molar-refractivity contribution in [3.63, 3.8) is 0 Å². The fourth-order valence-corrected chi connectivity index (χ4v) is 3.02. The predicted molar refractivity (Wildman–Crippen MR) is 105 cm³/mol. The van der Waals surface area contributed by atoms with Crippen LogP contribution in [-0.2, 0) is 4.79 Å². The molecule has 1 aliphatic heterocycles. The van der Waals surface area contributed by atoms with Gasteiger partial charge in [0.1, 0.15) is 5.75 Å². The molecule has 8 heteroatoms. The lowest BCUT2D eigenvalue weighted by molar-refractivity contribution is -0.114. The van der Waals surface area contributed by atoms with Gasteiger partial charge in [-0.2, -0.15) is 10.1 Å². The standard InChI is InChI=1S/C19H14Cl2N2O4/c1-10-14(8-11-7-12(20)3-6-17(11)27-2)18(24)23(22-10)13-4-5-16(21)15(9-13)19(25)26/h3-9H,1-2H3,(H,25,26)/b14-8-. The number of carbonyl (C=O) groups excluding carboxylic acids is 1. The van der Waals surface area contributed by atoms with Crippen LogP contribution >= 0.6 is 23.2 Å². The predicted octanol–water partition coefficient (Wildman–Crippen LogP) is 4.51. The molecule has 3 rings (SSSR count). The Morgan fingerprint density at radius 2 is 1.96 bits per heavy atom. The molecule has 0 atom stereocenters. The average Bonchev–Trinajstić information content (AvgIpc) is 2.90. The van der Waals surface area contributed by atoms with Crippen LogP contribution in [0.5, 0.6) is 5.75 Å². The fourth-order valence-electron chi connectivity index (χ4n) is 2.64. The van der Waals surface area contributed by atoms with Crippen LogP contribution < -0.4 is 9.75 Å². The van der Waals surface area contributed by atoms with Gasteiger partial charge in [0.05, 0.1) is 34.7 Å². The Hall–Kier alpha value is -2.83. The maximum atomic E-state index is 12.9.